The van der Waals surface area contributed by atoms with Crippen LogP contribution in [-0.4, -0.2) is 30.6 Å². The zero-order valence-electron chi connectivity index (χ0n) is 8.48. The molecule has 0 aliphatic carbocycles. The predicted octanol–water partition coefficient (Wildman–Crippen LogP) is 0.848. The molecule has 15 heavy (non-hydrogen) atoms. The van der Waals surface area contributed by atoms with Crippen LogP contribution in [0.15, 0.2) is 24.5 Å². The third kappa shape index (κ3) is 2.76. The van der Waals surface area contributed by atoms with Crippen molar-refractivity contribution in [2.45, 2.75) is 6.42 Å². The van der Waals surface area contributed by atoms with Crippen molar-refractivity contribution in [3.8, 4) is 0 Å². The lowest BCUT2D eigenvalue weighted by molar-refractivity contribution is 0.0450. The first-order chi connectivity index (χ1) is 7.36. The number of carbonyl (C=O) groups excluding carboxylic acids is 1. The molecule has 1 fully saturated rings. The second-order valence-electron chi connectivity index (χ2n) is 3.70. The van der Waals surface area contributed by atoms with Crippen molar-refractivity contribution >= 4 is 5.97 Å². The van der Waals surface area contributed by atoms with Crippen LogP contribution in [-0.2, 0) is 4.74 Å². The summed E-state index contributed by atoms with van der Waals surface area (Å²) in [4.78, 5) is 15.4. The van der Waals surface area contributed by atoms with E-state index in [1.165, 1.54) is 6.20 Å². The summed E-state index contributed by atoms with van der Waals surface area (Å²) >= 11 is 0. The second kappa shape index (κ2) is 4.89. The van der Waals surface area contributed by atoms with Crippen molar-refractivity contribution in [3.63, 3.8) is 0 Å². The van der Waals surface area contributed by atoms with Gasteiger partial charge in [0.1, 0.15) is 0 Å². The molecule has 1 aromatic rings. The maximum absolute atomic E-state index is 11.5. The quantitative estimate of drug-likeness (QED) is 0.745. The molecule has 1 atom stereocenters. The third-order valence-electron chi connectivity index (χ3n) is 2.51. The van der Waals surface area contributed by atoms with Gasteiger partial charge in [-0.2, -0.15) is 0 Å². The largest absolute Gasteiger partial charge is 0.462 e. The minimum atomic E-state index is -0.282. The molecule has 2 rings (SSSR count). The second-order valence-corrected chi connectivity index (χ2v) is 3.70. The van der Waals surface area contributed by atoms with Crippen LogP contribution in [0.2, 0.25) is 0 Å². The Hall–Kier alpha value is -1.42. The van der Waals surface area contributed by atoms with Crippen LogP contribution in [0.1, 0.15) is 16.8 Å². The number of hydrogen-bond donors (Lipinski definition) is 1. The van der Waals surface area contributed by atoms with Crippen LogP contribution < -0.4 is 5.32 Å². The summed E-state index contributed by atoms with van der Waals surface area (Å²) in [6.07, 6.45) is 4.24. The van der Waals surface area contributed by atoms with E-state index in [0.29, 0.717) is 18.1 Å². The van der Waals surface area contributed by atoms with Crippen LogP contribution in [0.4, 0.5) is 0 Å². The number of ether oxygens (including phenoxy) is 1. The molecule has 0 amide bonds. The van der Waals surface area contributed by atoms with Crippen molar-refractivity contribution in [1.29, 1.82) is 0 Å². The summed E-state index contributed by atoms with van der Waals surface area (Å²) in [7, 11) is 0. The molecule has 0 aromatic carbocycles. The fourth-order valence-corrected chi connectivity index (χ4v) is 1.62. The molecule has 1 saturated heterocycles. The van der Waals surface area contributed by atoms with Gasteiger partial charge in [0.25, 0.3) is 0 Å². The molecule has 2 heterocycles. The highest BCUT2D eigenvalue weighted by Gasteiger charge is 2.16. The van der Waals surface area contributed by atoms with Crippen molar-refractivity contribution in [2.75, 3.05) is 19.7 Å². The van der Waals surface area contributed by atoms with Crippen LogP contribution in [0.25, 0.3) is 0 Å². The fraction of sp³-hybridized carbons (Fsp3) is 0.455. The molecular weight excluding hydrogens is 192 g/mol. The van der Waals surface area contributed by atoms with Gasteiger partial charge in [0, 0.05) is 24.9 Å². The molecule has 0 bridgehead atoms. The number of rotatable bonds is 3. The lowest BCUT2D eigenvalue weighted by atomic mass is 10.1. The Morgan fingerprint density at radius 3 is 3.27 bits per heavy atom. The summed E-state index contributed by atoms with van der Waals surface area (Å²) in [5.41, 5.74) is 0.517. The van der Waals surface area contributed by atoms with Crippen molar-refractivity contribution < 1.29 is 9.53 Å². The highest BCUT2D eigenvalue weighted by atomic mass is 16.5. The topological polar surface area (TPSA) is 51.2 Å². The number of aromatic nitrogens is 1. The predicted molar refractivity (Wildman–Crippen MR) is 55.5 cm³/mol. The van der Waals surface area contributed by atoms with E-state index < -0.39 is 0 Å². The number of carbonyl (C=O) groups is 1. The first-order valence-corrected chi connectivity index (χ1v) is 5.14. The lowest BCUT2D eigenvalue weighted by Crippen LogP contribution is -2.16. The molecule has 1 aliphatic rings. The SMILES string of the molecule is O=C(OC[C@H]1CCNC1)c1cccnc1. The van der Waals surface area contributed by atoms with Crippen molar-refractivity contribution in [1.82, 2.24) is 10.3 Å². The minimum absolute atomic E-state index is 0.282. The summed E-state index contributed by atoms with van der Waals surface area (Å²) in [6, 6.07) is 3.44. The van der Waals surface area contributed by atoms with E-state index in [9.17, 15) is 4.79 Å². The first kappa shape index (κ1) is 10.1. The van der Waals surface area contributed by atoms with Gasteiger partial charge in [0.05, 0.1) is 12.2 Å². The summed E-state index contributed by atoms with van der Waals surface area (Å²) < 4.78 is 5.19. The molecule has 1 N–H and O–H groups in total. The molecule has 80 valence electrons. The van der Waals surface area contributed by atoms with Crippen LogP contribution in [0.5, 0.6) is 0 Å². The Bertz CT molecular complexity index is 321. The normalized spacial score (nSPS) is 20.1. The highest BCUT2D eigenvalue weighted by Crippen LogP contribution is 2.09. The number of nitrogens with zero attached hydrogens (tertiary/aromatic N) is 1. The maximum atomic E-state index is 11.5. The van der Waals surface area contributed by atoms with E-state index in [4.69, 9.17) is 4.74 Å². The zero-order valence-corrected chi connectivity index (χ0v) is 8.48. The average Bonchev–Trinajstić information content (AvgIpc) is 2.80. The van der Waals surface area contributed by atoms with Gasteiger partial charge in [0.2, 0.25) is 0 Å². The number of nitrogens with one attached hydrogen (secondary N) is 1. The van der Waals surface area contributed by atoms with Gasteiger partial charge in [-0.05, 0) is 25.1 Å². The van der Waals surface area contributed by atoms with Crippen molar-refractivity contribution in [3.05, 3.63) is 30.1 Å². The van der Waals surface area contributed by atoms with Gasteiger partial charge in [-0.3, -0.25) is 4.98 Å². The fourth-order valence-electron chi connectivity index (χ4n) is 1.62. The smallest absolute Gasteiger partial charge is 0.339 e. The van der Waals surface area contributed by atoms with Gasteiger partial charge in [-0.15, -0.1) is 0 Å². The van der Waals surface area contributed by atoms with Crippen LogP contribution >= 0.6 is 0 Å². The molecule has 4 nitrogen and oxygen atoms in total. The number of hydrogen-bond acceptors (Lipinski definition) is 4. The minimum Gasteiger partial charge on any atom is -0.462 e. The Balaban J connectivity index is 1.82. The zero-order chi connectivity index (χ0) is 10.5. The molecule has 0 spiro atoms. The van der Waals surface area contributed by atoms with E-state index in [0.717, 1.165) is 19.5 Å². The van der Waals surface area contributed by atoms with Gasteiger partial charge >= 0.3 is 5.97 Å². The molecular formula is C11H14N2O2. The van der Waals surface area contributed by atoms with Crippen molar-refractivity contribution in [2.24, 2.45) is 5.92 Å². The van der Waals surface area contributed by atoms with Gasteiger partial charge < -0.3 is 10.1 Å². The third-order valence-corrected chi connectivity index (χ3v) is 2.51. The standard InChI is InChI=1S/C11H14N2O2/c14-11(10-2-1-4-12-7-10)15-8-9-3-5-13-6-9/h1-2,4,7,9,13H,3,5-6,8H2/t9-/m0/s1. The van der Waals surface area contributed by atoms with Gasteiger partial charge in [0.15, 0.2) is 0 Å². The number of esters is 1. The highest BCUT2D eigenvalue weighted by molar-refractivity contribution is 5.88. The van der Waals surface area contributed by atoms with E-state index in [1.807, 2.05) is 0 Å². The van der Waals surface area contributed by atoms with Gasteiger partial charge in [-0.25, -0.2) is 4.79 Å². The van der Waals surface area contributed by atoms with E-state index in [2.05, 4.69) is 10.3 Å². The van der Waals surface area contributed by atoms with Crippen LogP contribution in [0.3, 0.4) is 0 Å². The summed E-state index contributed by atoms with van der Waals surface area (Å²) in [6.45, 7) is 2.47. The Kier molecular flexibility index (Phi) is 3.29. The van der Waals surface area contributed by atoms with E-state index in [1.54, 1.807) is 18.3 Å². The molecule has 0 radical (unpaired) electrons. The Labute approximate surface area is 88.7 Å². The Morgan fingerprint density at radius 2 is 2.60 bits per heavy atom. The Morgan fingerprint density at radius 1 is 1.67 bits per heavy atom. The summed E-state index contributed by atoms with van der Waals surface area (Å²) in [5, 5.41) is 3.23. The maximum Gasteiger partial charge on any atom is 0.339 e. The molecule has 1 aliphatic heterocycles. The first-order valence-electron chi connectivity index (χ1n) is 5.14. The molecule has 1 aromatic heterocycles. The molecule has 0 unspecified atom stereocenters. The lowest BCUT2D eigenvalue weighted by Gasteiger charge is -2.08. The number of pyridine rings is 1. The van der Waals surface area contributed by atoms with E-state index >= 15 is 0 Å². The molecule has 4 heteroatoms. The monoisotopic (exact) mass is 206 g/mol. The van der Waals surface area contributed by atoms with E-state index in [-0.39, 0.29) is 5.97 Å². The molecule has 0 saturated carbocycles. The van der Waals surface area contributed by atoms with Crippen LogP contribution in [0, 0.1) is 5.92 Å². The summed E-state index contributed by atoms with van der Waals surface area (Å²) in [5.74, 6) is 0.181. The average molecular weight is 206 g/mol. The van der Waals surface area contributed by atoms with Gasteiger partial charge in [-0.1, -0.05) is 0 Å².